The Hall–Kier alpha value is -2.90. The van der Waals surface area contributed by atoms with Gasteiger partial charge in [0.2, 0.25) is 0 Å². The summed E-state index contributed by atoms with van der Waals surface area (Å²) in [5.74, 6) is 1.48. The van der Waals surface area contributed by atoms with Gasteiger partial charge in [0.15, 0.2) is 5.65 Å². The van der Waals surface area contributed by atoms with Crippen molar-refractivity contribution in [1.82, 2.24) is 19.5 Å². The van der Waals surface area contributed by atoms with E-state index in [1.54, 1.807) is 6.20 Å². The molecule has 1 fully saturated rings. The summed E-state index contributed by atoms with van der Waals surface area (Å²) in [6.45, 7) is 8.46. The molecular weight excluding hydrogens is 538 g/mol. The molecule has 0 unspecified atom stereocenters. The Balaban J connectivity index is 1.29. The second-order valence-electron chi connectivity index (χ2n) is 9.62. The number of amides is 1. The van der Waals surface area contributed by atoms with Crippen LogP contribution in [-0.2, 0) is 0 Å². The number of halogens is 2. The number of rotatable bonds is 5. The number of nitrogens with one attached hydrogen (secondary N) is 1. The number of fused-ring (bicyclic) bond motifs is 1. The van der Waals surface area contributed by atoms with Gasteiger partial charge in [-0.05, 0) is 72.7 Å². The summed E-state index contributed by atoms with van der Waals surface area (Å²) < 4.78 is 2.64. The lowest BCUT2D eigenvalue weighted by atomic mass is 9.94. The minimum absolute atomic E-state index is 0.151. The largest absolute Gasteiger partial charge is 0.370 e. The van der Waals surface area contributed by atoms with Gasteiger partial charge in [-0.3, -0.25) is 4.79 Å². The molecule has 3 heterocycles. The van der Waals surface area contributed by atoms with Crippen LogP contribution in [0.1, 0.15) is 39.9 Å². The highest BCUT2D eigenvalue weighted by atomic mass is 79.9. The number of nitrogens with zero attached hydrogens (tertiary/aromatic N) is 4. The number of aryl methyl sites for hydroxylation is 3. The molecule has 8 heteroatoms. The normalized spacial score (nSPS) is 14.4. The van der Waals surface area contributed by atoms with Crippen molar-refractivity contribution in [3.8, 4) is 11.3 Å². The number of anilines is 1. The number of aromatic nitrogens is 3. The zero-order chi connectivity index (χ0) is 25.4. The third kappa shape index (κ3) is 4.87. The van der Waals surface area contributed by atoms with Crippen LogP contribution in [0.25, 0.3) is 16.9 Å². The first-order valence-corrected chi connectivity index (χ1v) is 13.4. The van der Waals surface area contributed by atoms with E-state index < -0.39 is 0 Å². The molecule has 0 spiro atoms. The highest BCUT2D eigenvalue weighted by Gasteiger charge is 2.26. The van der Waals surface area contributed by atoms with Crippen molar-refractivity contribution in [3.63, 3.8) is 0 Å². The van der Waals surface area contributed by atoms with E-state index in [2.05, 4.69) is 45.4 Å². The fraction of sp³-hybridized carbons (Fsp3) is 0.321. The zero-order valence-corrected chi connectivity index (χ0v) is 23.0. The standard InChI is InChI=1S/C28H29BrClN5O/c1-17-12-18(2)26(19(3)13-17)28(36)34-10-8-20(9-11-34)15-31-25-14-24(21-6-4-5-7-23(21)30)33-27-22(29)16-32-35(25)27/h4-7,12-14,16,20,31H,8-11,15H2,1-3H3. The monoisotopic (exact) mass is 565 g/mol. The van der Waals surface area contributed by atoms with Crippen LogP contribution in [0, 0.1) is 26.7 Å². The van der Waals surface area contributed by atoms with Crippen LogP contribution in [0.5, 0.6) is 0 Å². The Labute approximate surface area is 224 Å². The minimum atomic E-state index is 0.151. The number of carbonyl (C=O) groups excluding carboxylic acids is 1. The molecular formula is C28H29BrClN5O. The molecule has 6 nitrogen and oxygen atoms in total. The third-order valence-electron chi connectivity index (χ3n) is 6.94. The Morgan fingerprint density at radius 2 is 1.81 bits per heavy atom. The summed E-state index contributed by atoms with van der Waals surface area (Å²) in [5.41, 5.74) is 6.57. The molecule has 5 rings (SSSR count). The zero-order valence-electron chi connectivity index (χ0n) is 20.7. The number of piperidine rings is 1. The van der Waals surface area contributed by atoms with Gasteiger partial charge >= 0.3 is 0 Å². The fourth-order valence-corrected chi connectivity index (χ4v) is 5.71. The average Bonchev–Trinajstić information content (AvgIpc) is 3.23. The first-order chi connectivity index (χ1) is 17.3. The van der Waals surface area contributed by atoms with Gasteiger partial charge in [-0.1, -0.05) is 47.5 Å². The maximum absolute atomic E-state index is 13.3. The number of likely N-dealkylation sites (tertiary alicyclic amines) is 1. The Morgan fingerprint density at radius 3 is 2.50 bits per heavy atom. The van der Waals surface area contributed by atoms with Crippen molar-refractivity contribution in [2.45, 2.75) is 33.6 Å². The van der Waals surface area contributed by atoms with Gasteiger partial charge < -0.3 is 10.2 Å². The van der Waals surface area contributed by atoms with E-state index in [1.807, 2.05) is 53.6 Å². The molecule has 186 valence electrons. The van der Waals surface area contributed by atoms with Crippen molar-refractivity contribution < 1.29 is 4.79 Å². The molecule has 0 atom stereocenters. The average molecular weight is 567 g/mol. The van der Waals surface area contributed by atoms with E-state index in [4.69, 9.17) is 16.6 Å². The highest BCUT2D eigenvalue weighted by Crippen LogP contribution is 2.31. The van der Waals surface area contributed by atoms with Crippen LogP contribution in [0.3, 0.4) is 0 Å². The number of benzene rings is 2. The molecule has 36 heavy (non-hydrogen) atoms. The Morgan fingerprint density at radius 1 is 1.11 bits per heavy atom. The van der Waals surface area contributed by atoms with E-state index >= 15 is 0 Å². The predicted octanol–water partition coefficient (Wildman–Crippen LogP) is 6.70. The molecule has 0 radical (unpaired) electrons. The van der Waals surface area contributed by atoms with Crippen molar-refractivity contribution in [3.05, 3.63) is 80.4 Å². The van der Waals surface area contributed by atoms with Crippen LogP contribution in [-0.4, -0.2) is 45.0 Å². The molecule has 2 aromatic carbocycles. The summed E-state index contributed by atoms with van der Waals surface area (Å²) >= 11 is 10.0. The van der Waals surface area contributed by atoms with Gasteiger partial charge in [0, 0.05) is 41.9 Å². The molecule has 2 aromatic heterocycles. The number of hydrogen-bond donors (Lipinski definition) is 1. The van der Waals surface area contributed by atoms with E-state index in [0.29, 0.717) is 10.9 Å². The Kier molecular flexibility index (Phi) is 7.04. The lowest BCUT2D eigenvalue weighted by Gasteiger charge is -2.33. The topological polar surface area (TPSA) is 62.5 Å². The molecule has 1 N–H and O–H groups in total. The minimum Gasteiger partial charge on any atom is -0.370 e. The third-order valence-corrected chi connectivity index (χ3v) is 7.83. The number of carbonyl (C=O) groups is 1. The predicted molar refractivity (Wildman–Crippen MR) is 149 cm³/mol. The highest BCUT2D eigenvalue weighted by molar-refractivity contribution is 9.10. The van der Waals surface area contributed by atoms with Crippen LogP contribution < -0.4 is 5.32 Å². The van der Waals surface area contributed by atoms with Gasteiger partial charge in [0.25, 0.3) is 5.91 Å². The lowest BCUT2D eigenvalue weighted by Crippen LogP contribution is -2.40. The van der Waals surface area contributed by atoms with Gasteiger partial charge in [0.1, 0.15) is 5.82 Å². The van der Waals surface area contributed by atoms with E-state index in [9.17, 15) is 4.79 Å². The summed E-state index contributed by atoms with van der Waals surface area (Å²) in [4.78, 5) is 20.1. The first kappa shape index (κ1) is 24.8. The molecule has 1 amide bonds. The summed E-state index contributed by atoms with van der Waals surface area (Å²) in [6, 6.07) is 13.9. The van der Waals surface area contributed by atoms with Gasteiger partial charge in [-0.15, -0.1) is 0 Å². The fourth-order valence-electron chi connectivity index (χ4n) is 5.13. The Bertz CT molecular complexity index is 1420. The second kappa shape index (κ2) is 10.2. The quantitative estimate of drug-likeness (QED) is 0.292. The summed E-state index contributed by atoms with van der Waals surface area (Å²) in [5, 5.41) is 8.74. The van der Waals surface area contributed by atoms with Crippen molar-refractivity contribution in [1.29, 1.82) is 0 Å². The summed E-state index contributed by atoms with van der Waals surface area (Å²) in [6.07, 6.45) is 3.66. The van der Waals surface area contributed by atoms with E-state index in [-0.39, 0.29) is 5.91 Å². The van der Waals surface area contributed by atoms with Crippen LogP contribution >= 0.6 is 27.5 Å². The van der Waals surface area contributed by atoms with Crippen molar-refractivity contribution >= 4 is 44.9 Å². The van der Waals surface area contributed by atoms with Crippen LogP contribution in [0.4, 0.5) is 5.82 Å². The molecule has 1 aliphatic rings. The summed E-state index contributed by atoms with van der Waals surface area (Å²) in [7, 11) is 0. The van der Waals surface area contributed by atoms with E-state index in [0.717, 1.165) is 76.4 Å². The van der Waals surface area contributed by atoms with Gasteiger partial charge in [-0.2, -0.15) is 9.61 Å². The molecule has 1 aliphatic heterocycles. The molecule has 0 bridgehead atoms. The van der Waals surface area contributed by atoms with Gasteiger partial charge in [-0.25, -0.2) is 4.98 Å². The second-order valence-corrected chi connectivity index (χ2v) is 10.9. The first-order valence-electron chi connectivity index (χ1n) is 12.2. The van der Waals surface area contributed by atoms with Crippen molar-refractivity contribution in [2.75, 3.05) is 25.0 Å². The molecule has 0 saturated carbocycles. The van der Waals surface area contributed by atoms with Crippen LogP contribution in [0.15, 0.2) is 53.1 Å². The molecule has 4 aromatic rings. The van der Waals surface area contributed by atoms with Crippen LogP contribution in [0.2, 0.25) is 5.02 Å². The number of hydrogen-bond acceptors (Lipinski definition) is 4. The smallest absolute Gasteiger partial charge is 0.254 e. The van der Waals surface area contributed by atoms with Gasteiger partial charge in [0.05, 0.1) is 16.4 Å². The maximum atomic E-state index is 13.3. The molecule has 0 aliphatic carbocycles. The van der Waals surface area contributed by atoms with Crippen molar-refractivity contribution in [2.24, 2.45) is 5.92 Å². The maximum Gasteiger partial charge on any atom is 0.254 e. The lowest BCUT2D eigenvalue weighted by molar-refractivity contribution is 0.0693. The SMILES string of the molecule is Cc1cc(C)c(C(=O)N2CCC(CNc3cc(-c4ccccc4Cl)nc4c(Br)cnn34)CC2)c(C)c1. The molecule has 1 saturated heterocycles. The van der Waals surface area contributed by atoms with E-state index in [1.165, 1.54) is 5.56 Å².